The summed E-state index contributed by atoms with van der Waals surface area (Å²) in [5.74, 6) is -1.85. The molecule has 0 atom stereocenters. The predicted octanol–water partition coefficient (Wildman–Crippen LogP) is 5.80. The van der Waals surface area contributed by atoms with Crippen molar-refractivity contribution in [3.05, 3.63) is 59.1 Å². The monoisotopic (exact) mass is 617 g/mol. The number of piperidine rings is 1. The van der Waals surface area contributed by atoms with E-state index in [9.17, 15) is 26.4 Å². The Hall–Kier alpha value is -2.67. The molecule has 1 heterocycles. The molecule has 1 amide bonds. The number of likely N-dealkylation sites (tertiary alicyclic amines) is 1. The Bertz CT molecular complexity index is 1240. The minimum atomic E-state index is -5.08. The van der Waals surface area contributed by atoms with Gasteiger partial charge in [0.05, 0.1) is 4.90 Å². The maximum atomic E-state index is 12.8. The SMILES string of the molecule is O=C(Nc1ccc(Cl)cc1)c1ccc(S(=O)(=O)NCC2CCN(CC3CCCCC3)CC2)cc1.O=C(O)C(F)(F)F. The van der Waals surface area contributed by atoms with Gasteiger partial charge in [-0.25, -0.2) is 17.9 Å². The lowest BCUT2D eigenvalue weighted by molar-refractivity contribution is -0.192. The summed E-state index contributed by atoms with van der Waals surface area (Å²) in [7, 11) is -3.61. The summed E-state index contributed by atoms with van der Waals surface area (Å²) < 4.78 is 60.1. The van der Waals surface area contributed by atoms with E-state index in [2.05, 4.69) is 14.9 Å². The third-order valence-electron chi connectivity index (χ3n) is 7.28. The standard InChI is InChI=1S/C26H34ClN3O3S.C2HF3O2/c27-23-8-10-24(11-9-23)29-26(31)22-6-12-25(13-7-22)34(32,33)28-18-20-14-16-30(17-15-20)19-21-4-2-1-3-5-21;3-2(4,5)1(6)7/h6-13,20-21,28H,1-5,14-19H2,(H,29,31);(H,6,7). The molecule has 2 aromatic carbocycles. The molecule has 0 spiro atoms. The fraction of sp³-hybridized carbons (Fsp3) is 0.500. The molecule has 2 aliphatic rings. The number of anilines is 1. The molecule has 1 saturated heterocycles. The lowest BCUT2D eigenvalue weighted by Gasteiger charge is -2.35. The summed E-state index contributed by atoms with van der Waals surface area (Å²) in [4.78, 5) is 24.1. The molecule has 8 nitrogen and oxygen atoms in total. The molecule has 1 aliphatic carbocycles. The highest BCUT2D eigenvalue weighted by Gasteiger charge is 2.38. The minimum absolute atomic E-state index is 0.172. The summed E-state index contributed by atoms with van der Waals surface area (Å²) >= 11 is 5.87. The zero-order valence-corrected chi connectivity index (χ0v) is 24.1. The van der Waals surface area contributed by atoms with Crippen molar-refractivity contribution in [2.45, 2.75) is 56.0 Å². The van der Waals surface area contributed by atoms with Gasteiger partial charge >= 0.3 is 12.1 Å². The molecular weight excluding hydrogens is 583 g/mol. The molecule has 1 saturated carbocycles. The zero-order valence-electron chi connectivity index (χ0n) is 22.5. The van der Waals surface area contributed by atoms with Gasteiger partial charge in [0, 0.05) is 29.4 Å². The average molecular weight is 618 g/mol. The number of alkyl halides is 3. The lowest BCUT2D eigenvalue weighted by atomic mass is 9.88. The van der Waals surface area contributed by atoms with E-state index in [0.29, 0.717) is 28.7 Å². The van der Waals surface area contributed by atoms with Crippen LogP contribution < -0.4 is 10.0 Å². The number of nitrogens with zero attached hydrogens (tertiary/aromatic N) is 1. The highest BCUT2D eigenvalue weighted by Crippen LogP contribution is 2.26. The van der Waals surface area contributed by atoms with Crippen molar-refractivity contribution in [2.24, 2.45) is 11.8 Å². The first-order valence-corrected chi connectivity index (χ1v) is 15.4. The van der Waals surface area contributed by atoms with E-state index in [0.717, 1.165) is 31.8 Å². The fourth-order valence-electron chi connectivity index (χ4n) is 4.94. The second kappa shape index (κ2) is 15.0. The number of aliphatic carboxylic acids is 1. The third-order valence-corrected chi connectivity index (χ3v) is 8.97. The number of rotatable bonds is 8. The van der Waals surface area contributed by atoms with Crippen LogP contribution in [0.4, 0.5) is 18.9 Å². The normalized spacial score (nSPS) is 17.4. The minimum Gasteiger partial charge on any atom is -0.475 e. The van der Waals surface area contributed by atoms with Crippen molar-refractivity contribution in [3.63, 3.8) is 0 Å². The van der Waals surface area contributed by atoms with Gasteiger partial charge in [-0.05, 0) is 99.1 Å². The Morgan fingerprint density at radius 2 is 1.46 bits per heavy atom. The Morgan fingerprint density at radius 1 is 0.902 bits per heavy atom. The topological polar surface area (TPSA) is 116 Å². The largest absolute Gasteiger partial charge is 0.490 e. The van der Waals surface area contributed by atoms with Crippen molar-refractivity contribution in [3.8, 4) is 0 Å². The Labute approximate surface area is 243 Å². The van der Waals surface area contributed by atoms with Crippen LogP contribution in [0.5, 0.6) is 0 Å². The highest BCUT2D eigenvalue weighted by atomic mass is 35.5. The number of sulfonamides is 1. The van der Waals surface area contributed by atoms with E-state index in [1.54, 1.807) is 24.3 Å². The number of hydrogen-bond donors (Lipinski definition) is 3. The molecule has 2 fully saturated rings. The maximum absolute atomic E-state index is 12.8. The summed E-state index contributed by atoms with van der Waals surface area (Å²) in [5, 5.41) is 10.5. The van der Waals surface area contributed by atoms with E-state index < -0.39 is 22.2 Å². The van der Waals surface area contributed by atoms with Gasteiger partial charge in [0.2, 0.25) is 10.0 Å². The average Bonchev–Trinajstić information content (AvgIpc) is 2.94. The maximum Gasteiger partial charge on any atom is 0.490 e. The number of amides is 1. The Morgan fingerprint density at radius 3 is 2.00 bits per heavy atom. The zero-order chi connectivity index (χ0) is 30.0. The molecule has 13 heteroatoms. The van der Waals surface area contributed by atoms with E-state index >= 15 is 0 Å². The first-order valence-electron chi connectivity index (χ1n) is 13.5. The van der Waals surface area contributed by atoms with Gasteiger partial charge in [0.25, 0.3) is 5.91 Å². The van der Waals surface area contributed by atoms with Crippen molar-refractivity contribution in [1.29, 1.82) is 0 Å². The summed E-state index contributed by atoms with van der Waals surface area (Å²) in [6, 6.07) is 12.8. The summed E-state index contributed by atoms with van der Waals surface area (Å²) in [6.45, 7) is 3.77. The van der Waals surface area contributed by atoms with Crippen LogP contribution in [0, 0.1) is 11.8 Å². The fourth-order valence-corrected chi connectivity index (χ4v) is 6.18. The van der Waals surface area contributed by atoms with Crippen molar-refractivity contribution in [1.82, 2.24) is 9.62 Å². The van der Waals surface area contributed by atoms with Gasteiger partial charge in [-0.1, -0.05) is 30.9 Å². The smallest absolute Gasteiger partial charge is 0.475 e. The molecule has 3 N–H and O–H groups in total. The molecule has 2 aromatic rings. The van der Waals surface area contributed by atoms with Gasteiger partial charge in [0.15, 0.2) is 0 Å². The third kappa shape index (κ3) is 10.9. The van der Waals surface area contributed by atoms with Crippen LogP contribution in [0.3, 0.4) is 0 Å². The van der Waals surface area contributed by atoms with Gasteiger partial charge in [-0.2, -0.15) is 13.2 Å². The highest BCUT2D eigenvalue weighted by molar-refractivity contribution is 7.89. The van der Waals surface area contributed by atoms with Gasteiger partial charge in [0.1, 0.15) is 0 Å². The second-order valence-electron chi connectivity index (χ2n) is 10.4. The molecular formula is C28H35ClF3N3O5S. The van der Waals surface area contributed by atoms with Crippen LogP contribution in [-0.2, 0) is 14.8 Å². The van der Waals surface area contributed by atoms with E-state index in [1.165, 1.54) is 62.9 Å². The molecule has 4 rings (SSSR count). The summed E-state index contributed by atoms with van der Waals surface area (Å²) in [5.41, 5.74) is 1.01. The summed E-state index contributed by atoms with van der Waals surface area (Å²) in [6.07, 6.45) is 3.83. The number of hydrogen-bond acceptors (Lipinski definition) is 5. The Balaban J connectivity index is 0.000000587. The van der Waals surface area contributed by atoms with Gasteiger partial charge < -0.3 is 15.3 Å². The second-order valence-corrected chi connectivity index (χ2v) is 12.6. The van der Waals surface area contributed by atoms with E-state index in [1.807, 2.05) is 0 Å². The van der Waals surface area contributed by atoms with Crippen LogP contribution in [0.2, 0.25) is 5.02 Å². The Kier molecular flexibility index (Phi) is 12.0. The van der Waals surface area contributed by atoms with Crippen LogP contribution >= 0.6 is 11.6 Å². The first-order chi connectivity index (χ1) is 19.3. The van der Waals surface area contributed by atoms with Crippen LogP contribution in [0.25, 0.3) is 0 Å². The number of carbonyl (C=O) groups excluding carboxylic acids is 1. The van der Waals surface area contributed by atoms with Gasteiger partial charge in [-0.15, -0.1) is 0 Å². The molecule has 41 heavy (non-hydrogen) atoms. The van der Waals surface area contributed by atoms with E-state index in [4.69, 9.17) is 21.5 Å². The number of carboxylic acids is 1. The number of nitrogens with one attached hydrogen (secondary N) is 2. The molecule has 0 unspecified atom stereocenters. The van der Waals surface area contributed by atoms with E-state index in [-0.39, 0.29) is 10.8 Å². The number of halogens is 4. The molecule has 226 valence electrons. The molecule has 0 bridgehead atoms. The number of benzene rings is 2. The number of carboxylic acid groups (broad SMARTS) is 1. The molecule has 0 radical (unpaired) electrons. The predicted molar refractivity (Wildman–Crippen MR) is 150 cm³/mol. The molecule has 1 aliphatic heterocycles. The number of carbonyl (C=O) groups is 2. The van der Waals surface area contributed by atoms with Crippen LogP contribution in [0.15, 0.2) is 53.4 Å². The quantitative estimate of drug-likeness (QED) is 0.345. The van der Waals surface area contributed by atoms with Crippen LogP contribution in [-0.4, -0.2) is 62.7 Å². The van der Waals surface area contributed by atoms with Gasteiger partial charge in [-0.3, -0.25) is 4.79 Å². The van der Waals surface area contributed by atoms with Crippen molar-refractivity contribution >= 4 is 39.2 Å². The van der Waals surface area contributed by atoms with Crippen molar-refractivity contribution in [2.75, 3.05) is 31.5 Å². The van der Waals surface area contributed by atoms with Crippen LogP contribution in [0.1, 0.15) is 55.3 Å². The molecule has 0 aromatic heterocycles. The first kappa shape index (κ1) is 32.8. The lowest BCUT2D eigenvalue weighted by Crippen LogP contribution is -2.40. The van der Waals surface area contributed by atoms with Crippen molar-refractivity contribution < 1.29 is 36.3 Å².